The molecular weight excluding hydrogens is 459 g/mol. The molecule has 0 aliphatic heterocycles. The molecule has 0 atom stereocenters. The molecule has 0 spiro atoms. The van der Waals surface area contributed by atoms with Crippen molar-refractivity contribution in [1.29, 1.82) is 0 Å². The lowest BCUT2D eigenvalue weighted by Gasteiger charge is -2.05. The number of nitrogens with zero attached hydrogens (tertiary/aromatic N) is 7. The van der Waals surface area contributed by atoms with Gasteiger partial charge in [0.05, 0.1) is 11.5 Å². The molecule has 1 aromatic carbocycles. The molecule has 0 bridgehead atoms. The minimum Gasteiger partial charge on any atom is -0.313 e. The molecule has 0 amide bonds. The largest absolute Gasteiger partial charge is 0.313 e. The van der Waals surface area contributed by atoms with E-state index in [1.165, 1.54) is 17.4 Å². The van der Waals surface area contributed by atoms with Crippen LogP contribution in [0.1, 0.15) is 22.0 Å². The fraction of sp³-hybridized carbons (Fsp3) is 0.263. The van der Waals surface area contributed by atoms with Crippen molar-refractivity contribution in [2.75, 3.05) is 5.32 Å². The number of halogens is 2. The first-order valence-electron chi connectivity index (χ1n) is 9.56. The average Bonchev–Trinajstić information content (AvgIpc) is 3.43. The van der Waals surface area contributed by atoms with Crippen LogP contribution in [0.2, 0.25) is 5.02 Å². The Morgan fingerprint density at radius 3 is 2.78 bits per heavy atom. The first kappa shape index (κ1) is 21.8. The maximum Gasteiger partial charge on any atom is 0.312 e. The number of aryl methyl sites for hydroxylation is 3. The highest BCUT2D eigenvalue weighted by molar-refractivity contribution is 7.15. The average molecular weight is 477 g/mol. The molecule has 3 heterocycles. The van der Waals surface area contributed by atoms with Crippen LogP contribution in [0, 0.1) is 29.8 Å². The van der Waals surface area contributed by atoms with Gasteiger partial charge in [-0.15, -0.1) is 10.2 Å². The van der Waals surface area contributed by atoms with E-state index in [2.05, 4.69) is 25.7 Å². The summed E-state index contributed by atoms with van der Waals surface area (Å²) >= 11 is 7.42. The number of aromatic nitrogens is 6. The van der Waals surface area contributed by atoms with Gasteiger partial charge in [-0.1, -0.05) is 29.0 Å². The Bertz CT molecular complexity index is 1260. The van der Waals surface area contributed by atoms with E-state index >= 15 is 0 Å². The number of rotatable bonds is 8. The summed E-state index contributed by atoms with van der Waals surface area (Å²) < 4.78 is 17.2. The minimum atomic E-state index is -0.416. The first-order valence-corrected chi connectivity index (χ1v) is 10.8. The molecule has 0 fully saturated rings. The summed E-state index contributed by atoms with van der Waals surface area (Å²) in [4.78, 5) is 10.7. The second kappa shape index (κ2) is 9.01. The zero-order valence-corrected chi connectivity index (χ0v) is 18.7. The van der Waals surface area contributed by atoms with E-state index in [0.717, 1.165) is 5.01 Å². The van der Waals surface area contributed by atoms with Gasteiger partial charge < -0.3 is 5.32 Å². The number of nitro groups is 1. The third kappa shape index (κ3) is 4.60. The second-order valence-electron chi connectivity index (χ2n) is 6.97. The third-order valence-electron chi connectivity index (χ3n) is 4.79. The molecule has 32 heavy (non-hydrogen) atoms. The fourth-order valence-corrected chi connectivity index (χ4v) is 4.21. The lowest BCUT2D eigenvalue weighted by atomic mass is 10.2. The molecule has 0 saturated carbocycles. The summed E-state index contributed by atoms with van der Waals surface area (Å²) in [5.74, 6) is 0.151. The van der Waals surface area contributed by atoms with E-state index in [-0.39, 0.29) is 18.0 Å². The van der Waals surface area contributed by atoms with E-state index in [9.17, 15) is 14.5 Å². The van der Waals surface area contributed by atoms with Crippen molar-refractivity contribution in [2.45, 2.75) is 33.4 Å². The molecule has 166 valence electrons. The Morgan fingerprint density at radius 1 is 1.25 bits per heavy atom. The normalized spacial score (nSPS) is 11.1. The lowest BCUT2D eigenvalue weighted by molar-refractivity contribution is -0.386. The highest BCUT2D eigenvalue weighted by atomic mass is 35.5. The van der Waals surface area contributed by atoms with Gasteiger partial charge in [-0.25, -0.2) is 4.39 Å². The van der Waals surface area contributed by atoms with Crippen molar-refractivity contribution < 1.29 is 9.31 Å². The van der Waals surface area contributed by atoms with Crippen LogP contribution in [-0.4, -0.2) is 34.7 Å². The van der Waals surface area contributed by atoms with Crippen LogP contribution in [0.4, 0.5) is 21.0 Å². The molecule has 1 N–H and O–H groups in total. The summed E-state index contributed by atoms with van der Waals surface area (Å²) in [5.41, 5.74) is 1.30. The second-order valence-corrected chi connectivity index (χ2v) is 8.44. The molecule has 0 saturated heterocycles. The van der Waals surface area contributed by atoms with E-state index < -0.39 is 4.92 Å². The summed E-state index contributed by atoms with van der Waals surface area (Å²) in [5, 5.41) is 32.7. The van der Waals surface area contributed by atoms with E-state index in [4.69, 9.17) is 11.6 Å². The molecule has 0 unspecified atom stereocenters. The minimum absolute atomic E-state index is 0.0388. The first-order chi connectivity index (χ1) is 15.3. The van der Waals surface area contributed by atoms with Crippen molar-refractivity contribution in [2.24, 2.45) is 0 Å². The smallest absolute Gasteiger partial charge is 0.312 e. The monoisotopic (exact) mass is 476 g/mol. The highest BCUT2D eigenvalue weighted by Gasteiger charge is 2.21. The fourth-order valence-electron chi connectivity index (χ4n) is 3.25. The van der Waals surface area contributed by atoms with Gasteiger partial charge in [0, 0.05) is 35.8 Å². The number of anilines is 2. The predicted octanol–water partition coefficient (Wildman–Crippen LogP) is 4.28. The van der Waals surface area contributed by atoms with Crippen LogP contribution in [0.15, 0.2) is 30.5 Å². The summed E-state index contributed by atoms with van der Waals surface area (Å²) in [7, 11) is 0. The number of benzene rings is 1. The molecule has 0 aliphatic rings. The number of nitrogens with one attached hydrogen (secondary N) is 1. The van der Waals surface area contributed by atoms with Gasteiger partial charge in [0.15, 0.2) is 5.82 Å². The van der Waals surface area contributed by atoms with Crippen molar-refractivity contribution in [3.63, 3.8) is 0 Å². The third-order valence-corrected chi connectivity index (χ3v) is 6.04. The van der Waals surface area contributed by atoms with Crippen LogP contribution >= 0.6 is 22.9 Å². The Labute approximate surface area is 190 Å². The summed E-state index contributed by atoms with van der Waals surface area (Å²) in [6.07, 6.45) is 2.24. The van der Waals surface area contributed by atoms with Gasteiger partial charge in [-0.05, 0) is 26.0 Å². The van der Waals surface area contributed by atoms with Crippen molar-refractivity contribution in [3.8, 4) is 0 Å². The lowest BCUT2D eigenvalue weighted by Crippen LogP contribution is -2.05. The molecule has 3 aromatic heterocycles. The Morgan fingerprint density at radius 2 is 2.06 bits per heavy atom. The highest BCUT2D eigenvalue weighted by Crippen LogP contribution is 2.24. The van der Waals surface area contributed by atoms with E-state index in [0.29, 0.717) is 45.9 Å². The summed E-state index contributed by atoms with van der Waals surface area (Å²) in [6.45, 7) is 3.94. The van der Waals surface area contributed by atoms with Crippen molar-refractivity contribution in [1.82, 2.24) is 29.8 Å². The van der Waals surface area contributed by atoms with Crippen LogP contribution < -0.4 is 5.32 Å². The number of hydrogen-bond donors (Lipinski definition) is 1. The molecule has 4 rings (SSSR count). The molecule has 0 radical (unpaired) electrons. The van der Waals surface area contributed by atoms with Gasteiger partial charge in [-0.3, -0.25) is 19.5 Å². The molecule has 10 nitrogen and oxygen atoms in total. The standard InChI is InChI=1S/C19H18ClFN8O2S/c1-11-18(29(30)31)12(2)28(25-11)9-7-17-23-24-19(32-17)22-16-6-8-27(26-16)10-13-14(20)4-3-5-15(13)21/h3-6,8H,7,9-10H2,1-2H3,(H,22,24,26). The molecule has 0 aliphatic carbocycles. The van der Waals surface area contributed by atoms with Crippen molar-refractivity contribution in [3.05, 3.63) is 73.4 Å². The van der Waals surface area contributed by atoms with Gasteiger partial charge in [-0.2, -0.15) is 10.2 Å². The zero-order chi connectivity index (χ0) is 22.8. The Kier molecular flexibility index (Phi) is 6.15. The van der Waals surface area contributed by atoms with Crippen LogP contribution in [0.25, 0.3) is 0 Å². The van der Waals surface area contributed by atoms with Crippen LogP contribution in [-0.2, 0) is 19.5 Å². The van der Waals surface area contributed by atoms with Gasteiger partial charge in [0.25, 0.3) is 0 Å². The number of hydrogen-bond acceptors (Lipinski definition) is 8. The predicted molar refractivity (Wildman–Crippen MR) is 118 cm³/mol. The van der Waals surface area contributed by atoms with E-state index in [1.807, 2.05) is 0 Å². The Balaban J connectivity index is 1.38. The maximum atomic E-state index is 14.0. The Hall–Kier alpha value is -3.38. The van der Waals surface area contributed by atoms with Crippen LogP contribution in [0.5, 0.6) is 0 Å². The van der Waals surface area contributed by atoms with E-state index in [1.54, 1.807) is 47.6 Å². The maximum absolute atomic E-state index is 14.0. The molecular formula is C19H18ClFN8O2S. The van der Waals surface area contributed by atoms with Crippen molar-refractivity contribution >= 4 is 39.6 Å². The van der Waals surface area contributed by atoms with Crippen LogP contribution in [0.3, 0.4) is 0 Å². The topological polar surface area (TPSA) is 117 Å². The van der Waals surface area contributed by atoms with Gasteiger partial charge in [0.1, 0.15) is 22.2 Å². The SMILES string of the molecule is Cc1nn(CCc2nnc(Nc3ccn(Cc4c(F)cccc4Cl)n3)s2)c(C)c1[N+](=O)[O-]. The molecule has 13 heteroatoms. The molecule has 4 aromatic rings. The van der Waals surface area contributed by atoms with Gasteiger partial charge in [0.2, 0.25) is 5.13 Å². The summed E-state index contributed by atoms with van der Waals surface area (Å²) in [6, 6.07) is 6.29. The zero-order valence-electron chi connectivity index (χ0n) is 17.1. The quantitative estimate of drug-likeness (QED) is 0.298. The van der Waals surface area contributed by atoms with Gasteiger partial charge >= 0.3 is 5.69 Å².